The lowest BCUT2D eigenvalue weighted by Gasteiger charge is -2.17. The van der Waals surface area contributed by atoms with Gasteiger partial charge in [-0.3, -0.25) is 4.79 Å². The van der Waals surface area contributed by atoms with Gasteiger partial charge >= 0.3 is 0 Å². The Morgan fingerprint density at radius 1 is 1.04 bits per heavy atom. The van der Waals surface area contributed by atoms with Crippen LogP contribution in [0.3, 0.4) is 0 Å². The first kappa shape index (κ1) is 17.7. The number of aryl methyl sites for hydroxylation is 1. The summed E-state index contributed by atoms with van der Waals surface area (Å²) in [7, 11) is 0. The molecule has 0 aliphatic heterocycles. The van der Waals surface area contributed by atoms with Gasteiger partial charge in [0.25, 0.3) is 0 Å². The van der Waals surface area contributed by atoms with Gasteiger partial charge in [0.1, 0.15) is 11.1 Å². The third-order valence-corrected chi connectivity index (χ3v) is 5.40. The number of amides is 1. The number of aromatic nitrogens is 1. The molecule has 126 valence electrons. The summed E-state index contributed by atoms with van der Waals surface area (Å²) in [6.45, 7) is 2.05. The van der Waals surface area contributed by atoms with Crippen LogP contribution in [0.2, 0.25) is 0 Å². The van der Waals surface area contributed by atoms with Crippen LogP contribution in [0.15, 0.2) is 82.3 Å². The predicted molar refractivity (Wildman–Crippen MR) is 107 cm³/mol. The minimum atomic E-state index is -0.363. The van der Waals surface area contributed by atoms with E-state index in [0.29, 0.717) is 5.82 Å². The Labute approximate surface area is 160 Å². The number of benzene rings is 2. The van der Waals surface area contributed by atoms with Crippen LogP contribution in [0, 0.1) is 6.92 Å². The fraction of sp³-hybridized carbons (Fsp3) is 0.100. The van der Waals surface area contributed by atoms with Crippen LogP contribution in [0.5, 0.6) is 0 Å². The molecule has 1 aromatic heterocycles. The van der Waals surface area contributed by atoms with Crippen LogP contribution >= 0.6 is 27.7 Å². The van der Waals surface area contributed by atoms with E-state index in [9.17, 15) is 4.79 Å². The topological polar surface area (TPSA) is 42.0 Å². The maximum atomic E-state index is 12.9. The molecule has 1 atom stereocenters. The number of hydrogen-bond donors (Lipinski definition) is 1. The molecule has 3 aromatic rings. The zero-order valence-electron chi connectivity index (χ0n) is 13.6. The van der Waals surface area contributed by atoms with E-state index in [4.69, 9.17) is 0 Å². The van der Waals surface area contributed by atoms with Crippen molar-refractivity contribution in [3.05, 3.63) is 88.5 Å². The predicted octanol–water partition coefficient (Wildman–Crippen LogP) is 5.62. The standard InChI is InChI=1S/C20H17BrN2OS/c1-14-5-11-17(12-6-14)25-19(15-7-9-16(21)10-8-15)20(24)23-18-4-2-3-13-22-18/h2-13,19H,1H3,(H,22,23,24). The van der Waals surface area contributed by atoms with Crippen molar-refractivity contribution in [3.63, 3.8) is 0 Å². The number of rotatable bonds is 5. The molecule has 1 heterocycles. The van der Waals surface area contributed by atoms with E-state index in [1.807, 2.05) is 48.5 Å². The first-order chi connectivity index (χ1) is 12.1. The molecule has 3 rings (SSSR count). The second-order valence-corrected chi connectivity index (χ2v) is 7.66. The molecule has 0 aliphatic rings. The second kappa shape index (κ2) is 8.32. The number of carbonyl (C=O) groups is 1. The monoisotopic (exact) mass is 412 g/mol. The quantitative estimate of drug-likeness (QED) is 0.552. The first-order valence-corrected chi connectivity index (χ1v) is 9.50. The third kappa shape index (κ3) is 4.94. The van der Waals surface area contributed by atoms with E-state index < -0.39 is 0 Å². The number of thioether (sulfide) groups is 1. The van der Waals surface area contributed by atoms with Crippen LogP contribution in [0.1, 0.15) is 16.4 Å². The van der Waals surface area contributed by atoms with Gasteiger partial charge in [0, 0.05) is 15.6 Å². The van der Waals surface area contributed by atoms with E-state index in [1.54, 1.807) is 12.3 Å². The number of carbonyl (C=O) groups excluding carboxylic acids is 1. The van der Waals surface area contributed by atoms with Crippen molar-refractivity contribution in [2.45, 2.75) is 17.1 Å². The fourth-order valence-electron chi connectivity index (χ4n) is 2.29. The molecular weight excluding hydrogens is 396 g/mol. The molecule has 0 fully saturated rings. The lowest BCUT2D eigenvalue weighted by Crippen LogP contribution is -2.19. The van der Waals surface area contributed by atoms with E-state index >= 15 is 0 Å². The van der Waals surface area contributed by atoms with Crippen molar-refractivity contribution >= 4 is 39.4 Å². The van der Waals surface area contributed by atoms with Gasteiger partial charge in [0.15, 0.2) is 0 Å². The number of pyridine rings is 1. The van der Waals surface area contributed by atoms with E-state index in [1.165, 1.54) is 17.3 Å². The summed E-state index contributed by atoms with van der Waals surface area (Å²) in [4.78, 5) is 18.1. The number of anilines is 1. The second-order valence-electron chi connectivity index (χ2n) is 5.57. The number of nitrogens with one attached hydrogen (secondary N) is 1. The van der Waals surface area contributed by atoms with Crippen molar-refractivity contribution in [2.24, 2.45) is 0 Å². The van der Waals surface area contributed by atoms with Crippen LogP contribution in [0.25, 0.3) is 0 Å². The molecule has 1 amide bonds. The number of halogens is 1. The first-order valence-electron chi connectivity index (χ1n) is 7.82. The minimum absolute atomic E-state index is 0.0911. The fourth-order valence-corrected chi connectivity index (χ4v) is 3.58. The van der Waals surface area contributed by atoms with E-state index in [0.717, 1.165) is 14.9 Å². The summed E-state index contributed by atoms with van der Waals surface area (Å²) >= 11 is 4.97. The Morgan fingerprint density at radius 3 is 2.40 bits per heavy atom. The maximum Gasteiger partial charge on any atom is 0.243 e. The molecule has 0 radical (unpaired) electrons. The van der Waals surface area contributed by atoms with Crippen LogP contribution in [0.4, 0.5) is 5.82 Å². The summed E-state index contributed by atoms with van der Waals surface area (Å²) in [6.07, 6.45) is 1.66. The summed E-state index contributed by atoms with van der Waals surface area (Å²) in [5.41, 5.74) is 2.14. The van der Waals surface area contributed by atoms with Crippen molar-refractivity contribution < 1.29 is 4.79 Å². The molecule has 0 bridgehead atoms. The molecule has 1 N–H and O–H groups in total. The normalized spacial score (nSPS) is 11.8. The molecular formula is C20H17BrN2OS. The Bertz CT molecular complexity index is 836. The van der Waals surface area contributed by atoms with Gasteiger partial charge in [-0.2, -0.15) is 0 Å². The van der Waals surface area contributed by atoms with Crippen LogP contribution in [-0.2, 0) is 4.79 Å². The van der Waals surface area contributed by atoms with Gasteiger partial charge in [0.05, 0.1) is 0 Å². The van der Waals surface area contributed by atoms with Crippen molar-refractivity contribution in [1.29, 1.82) is 0 Å². The van der Waals surface area contributed by atoms with Crippen LogP contribution in [-0.4, -0.2) is 10.9 Å². The average Bonchev–Trinajstić information content (AvgIpc) is 2.63. The molecule has 1 unspecified atom stereocenters. The van der Waals surface area contributed by atoms with Crippen LogP contribution < -0.4 is 5.32 Å². The highest BCUT2D eigenvalue weighted by atomic mass is 79.9. The average molecular weight is 413 g/mol. The Kier molecular flexibility index (Phi) is 5.89. The van der Waals surface area contributed by atoms with Gasteiger partial charge in [0.2, 0.25) is 5.91 Å². The van der Waals surface area contributed by atoms with Gasteiger partial charge in [-0.05, 0) is 48.9 Å². The SMILES string of the molecule is Cc1ccc(SC(C(=O)Nc2ccccn2)c2ccc(Br)cc2)cc1. The molecule has 3 nitrogen and oxygen atoms in total. The lowest BCUT2D eigenvalue weighted by atomic mass is 10.1. The van der Waals surface area contributed by atoms with Crippen molar-refractivity contribution in [2.75, 3.05) is 5.32 Å². The summed E-state index contributed by atoms with van der Waals surface area (Å²) in [5.74, 6) is 0.464. The summed E-state index contributed by atoms with van der Waals surface area (Å²) in [5, 5.41) is 2.54. The third-order valence-electron chi connectivity index (χ3n) is 3.60. The Balaban J connectivity index is 1.86. The smallest absolute Gasteiger partial charge is 0.243 e. The minimum Gasteiger partial charge on any atom is -0.309 e. The van der Waals surface area contributed by atoms with E-state index in [2.05, 4.69) is 45.3 Å². The molecule has 0 spiro atoms. The molecule has 0 saturated carbocycles. The highest BCUT2D eigenvalue weighted by Gasteiger charge is 2.22. The van der Waals surface area contributed by atoms with Gasteiger partial charge in [-0.25, -0.2) is 4.98 Å². The molecule has 2 aromatic carbocycles. The maximum absolute atomic E-state index is 12.9. The summed E-state index contributed by atoms with van der Waals surface area (Å²) < 4.78 is 0.987. The Morgan fingerprint density at radius 2 is 1.76 bits per heavy atom. The molecule has 25 heavy (non-hydrogen) atoms. The van der Waals surface area contributed by atoms with Gasteiger partial charge in [-0.1, -0.05) is 51.8 Å². The lowest BCUT2D eigenvalue weighted by molar-refractivity contribution is -0.115. The number of hydrogen-bond acceptors (Lipinski definition) is 3. The Hall–Kier alpha value is -2.11. The number of nitrogens with zero attached hydrogens (tertiary/aromatic N) is 1. The molecule has 0 saturated heterocycles. The molecule has 0 aliphatic carbocycles. The highest BCUT2D eigenvalue weighted by molar-refractivity contribution is 9.10. The van der Waals surface area contributed by atoms with E-state index in [-0.39, 0.29) is 11.2 Å². The zero-order valence-corrected chi connectivity index (χ0v) is 16.0. The zero-order chi connectivity index (χ0) is 17.6. The molecule has 5 heteroatoms. The largest absolute Gasteiger partial charge is 0.309 e. The van der Waals surface area contributed by atoms with Crippen molar-refractivity contribution in [1.82, 2.24) is 4.98 Å². The van der Waals surface area contributed by atoms with Gasteiger partial charge in [-0.15, -0.1) is 11.8 Å². The van der Waals surface area contributed by atoms with Crippen molar-refractivity contribution in [3.8, 4) is 0 Å². The highest BCUT2D eigenvalue weighted by Crippen LogP contribution is 2.36. The van der Waals surface area contributed by atoms with Gasteiger partial charge < -0.3 is 5.32 Å². The summed E-state index contributed by atoms with van der Waals surface area (Å²) in [6, 6.07) is 21.5.